The van der Waals surface area contributed by atoms with Gasteiger partial charge in [0.2, 0.25) is 0 Å². The molecule has 0 aliphatic carbocycles. The Morgan fingerprint density at radius 3 is 2.44 bits per heavy atom. The molecule has 0 fully saturated rings. The molecule has 0 bridgehead atoms. The number of aromatic nitrogens is 2. The van der Waals surface area contributed by atoms with Gasteiger partial charge in [-0.15, -0.1) is 0 Å². The number of carbonyl (C=O) groups is 1. The van der Waals surface area contributed by atoms with Gasteiger partial charge in [0.15, 0.2) is 0 Å². The number of carboxylic acid groups (broad SMARTS) is 1. The molecule has 1 N–H and O–H groups in total. The molecule has 16 heavy (non-hydrogen) atoms. The summed E-state index contributed by atoms with van der Waals surface area (Å²) in [5.74, 6) is -1.08. The van der Waals surface area contributed by atoms with E-state index in [9.17, 15) is 4.79 Å². The van der Waals surface area contributed by atoms with Crippen LogP contribution in [0.1, 0.15) is 10.4 Å². The van der Waals surface area contributed by atoms with Crippen molar-refractivity contribution in [2.45, 2.75) is 0 Å². The van der Waals surface area contributed by atoms with Crippen LogP contribution in [0.3, 0.4) is 0 Å². The van der Waals surface area contributed by atoms with E-state index >= 15 is 0 Å². The monoisotopic (exact) mass is 234 g/mol. The Bertz CT molecular complexity index is 529. The molecule has 80 valence electrons. The van der Waals surface area contributed by atoms with Crippen molar-refractivity contribution < 1.29 is 9.90 Å². The first-order valence-electron chi connectivity index (χ1n) is 4.49. The summed E-state index contributed by atoms with van der Waals surface area (Å²) in [6.45, 7) is 0. The summed E-state index contributed by atoms with van der Waals surface area (Å²) in [7, 11) is 0. The van der Waals surface area contributed by atoms with Crippen molar-refractivity contribution >= 4 is 17.6 Å². The van der Waals surface area contributed by atoms with Gasteiger partial charge in [-0.1, -0.05) is 11.6 Å². The summed E-state index contributed by atoms with van der Waals surface area (Å²) in [5, 5.41) is 8.78. The lowest BCUT2D eigenvalue weighted by molar-refractivity contribution is 0.0696. The Morgan fingerprint density at radius 2 is 1.88 bits per heavy atom. The van der Waals surface area contributed by atoms with Crippen molar-refractivity contribution in [3.63, 3.8) is 0 Å². The van der Waals surface area contributed by atoms with Crippen LogP contribution < -0.4 is 0 Å². The lowest BCUT2D eigenvalue weighted by Crippen LogP contribution is -1.99. The summed E-state index contributed by atoms with van der Waals surface area (Å²) in [4.78, 5) is 18.6. The molecular formula is C11H7ClN2O2. The summed E-state index contributed by atoms with van der Waals surface area (Å²) < 4.78 is 0. The predicted octanol–water partition coefficient (Wildman–Crippen LogP) is 2.50. The fourth-order valence-electron chi connectivity index (χ4n) is 1.28. The van der Waals surface area contributed by atoms with E-state index in [1.165, 1.54) is 6.07 Å². The van der Waals surface area contributed by atoms with Gasteiger partial charge in [-0.3, -0.25) is 4.98 Å². The molecule has 2 aromatic heterocycles. The van der Waals surface area contributed by atoms with E-state index in [-0.39, 0.29) is 10.7 Å². The number of hydrogen-bond acceptors (Lipinski definition) is 3. The molecule has 0 aromatic carbocycles. The quantitative estimate of drug-likeness (QED) is 0.811. The highest BCUT2D eigenvalue weighted by Gasteiger charge is 2.10. The average molecular weight is 235 g/mol. The highest BCUT2D eigenvalue weighted by Crippen LogP contribution is 2.21. The van der Waals surface area contributed by atoms with Crippen molar-refractivity contribution in [2.24, 2.45) is 0 Å². The molecule has 0 unspecified atom stereocenters. The van der Waals surface area contributed by atoms with Crippen LogP contribution >= 0.6 is 11.6 Å². The topological polar surface area (TPSA) is 63.1 Å². The largest absolute Gasteiger partial charge is 0.478 e. The Labute approximate surface area is 96.6 Å². The zero-order valence-electron chi connectivity index (χ0n) is 8.09. The van der Waals surface area contributed by atoms with E-state index in [4.69, 9.17) is 16.7 Å². The second-order valence-electron chi connectivity index (χ2n) is 3.08. The molecule has 0 aliphatic heterocycles. The van der Waals surface area contributed by atoms with Crippen LogP contribution in [0.4, 0.5) is 0 Å². The number of nitrogens with zero attached hydrogens (tertiary/aromatic N) is 2. The summed E-state index contributed by atoms with van der Waals surface area (Å²) in [6, 6.07) is 6.61. The van der Waals surface area contributed by atoms with E-state index in [0.717, 1.165) is 5.56 Å². The summed E-state index contributed by atoms with van der Waals surface area (Å²) in [6.07, 6.45) is 3.27. The van der Waals surface area contributed by atoms with Crippen molar-refractivity contribution in [3.8, 4) is 11.3 Å². The lowest BCUT2D eigenvalue weighted by Gasteiger charge is -2.02. The van der Waals surface area contributed by atoms with Gasteiger partial charge in [0.05, 0.1) is 11.3 Å². The van der Waals surface area contributed by atoms with Crippen LogP contribution in [-0.4, -0.2) is 21.0 Å². The van der Waals surface area contributed by atoms with Gasteiger partial charge in [-0.25, -0.2) is 9.78 Å². The number of hydrogen-bond donors (Lipinski definition) is 1. The number of halogens is 1. The van der Waals surface area contributed by atoms with Crippen LogP contribution in [0.25, 0.3) is 11.3 Å². The van der Waals surface area contributed by atoms with Crippen molar-refractivity contribution in [2.75, 3.05) is 0 Å². The molecule has 4 nitrogen and oxygen atoms in total. The highest BCUT2D eigenvalue weighted by molar-refractivity contribution is 6.32. The maximum absolute atomic E-state index is 10.7. The van der Waals surface area contributed by atoms with Crippen LogP contribution in [0.15, 0.2) is 36.7 Å². The molecule has 2 aromatic rings. The van der Waals surface area contributed by atoms with Gasteiger partial charge >= 0.3 is 5.97 Å². The first-order chi connectivity index (χ1) is 7.68. The zero-order valence-corrected chi connectivity index (χ0v) is 8.85. The third-order valence-electron chi connectivity index (χ3n) is 2.06. The van der Waals surface area contributed by atoms with Crippen molar-refractivity contribution in [3.05, 3.63) is 47.4 Å². The van der Waals surface area contributed by atoms with E-state index < -0.39 is 5.97 Å². The molecule has 0 spiro atoms. The molecule has 0 saturated heterocycles. The molecule has 0 amide bonds. The molecule has 0 radical (unpaired) electrons. The molecule has 2 heterocycles. The van der Waals surface area contributed by atoms with Gasteiger partial charge in [0.25, 0.3) is 0 Å². The van der Waals surface area contributed by atoms with Crippen molar-refractivity contribution in [1.29, 1.82) is 0 Å². The zero-order chi connectivity index (χ0) is 11.5. The van der Waals surface area contributed by atoms with Crippen molar-refractivity contribution in [1.82, 2.24) is 9.97 Å². The lowest BCUT2D eigenvalue weighted by atomic mass is 10.1. The van der Waals surface area contributed by atoms with E-state index in [2.05, 4.69) is 9.97 Å². The number of rotatable bonds is 2. The Morgan fingerprint density at radius 1 is 1.19 bits per heavy atom. The fraction of sp³-hybridized carbons (Fsp3) is 0. The molecule has 0 saturated carbocycles. The van der Waals surface area contributed by atoms with Gasteiger partial charge in [0.1, 0.15) is 5.15 Å². The molecule has 0 aliphatic rings. The second-order valence-corrected chi connectivity index (χ2v) is 3.43. The minimum atomic E-state index is -1.08. The standard InChI is InChI=1S/C11H7ClN2O2/c12-10-8(11(15)16)1-2-9(14-10)7-3-5-13-6-4-7/h1-6H,(H,15,16). The summed E-state index contributed by atoms with van der Waals surface area (Å²) >= 11 is 5.77. The SMILES string of the molecule is O=C(O)c1ccc(-c2ccncc2)nc1Cl. The predicted molar refractivity (Wildman–Crippen MR) is 59.4 cm³/mol. The average Bonchev–Trinajstić information content (AvgIpc) is 2.29. The van der Waals surface area contributed by atoms with Gasteiger partial charge < -0.3 is 5.11 Å². The third kappa shape index (κ3) is 2.01. The Hall–Kier alpha value is -1.94. The highest BCUT2D eigenvalue weighted by atomic mass is 35.5. The third-order valence-corrected chi connectivity index (χ3v) is 2.34. The maximum atomic E-state index is 10.7. The number of carboxylic acids is 1. The molecule has 0 atom stereocenters. The fourth-order valence-corrected chi connectivity index (χ4v) is 1.51. The smallest absolute Gasteiger partial charge is 0.338 e. The van der Waals surface area contributed by atoms with Crippen LogP contribution in [-0.2, 0) is 0 Å². The molecule has 5 heteroatoms. The van der Waals surface area contributed by atoms with E-state index in [1.54, 1.807) is 30.6 Å². The first kappa shape index (κ1) is 10.6. The summed E-state index contributed by atoms with van der Waals surface area (Å²) in [5.41, 5.74) is 1.46. The van der Waals surface area contributed by atoms with Gasteiger partial charge in [-0.05, 0) is 24.3 Å². The normalized spacial score (nSPS) is 10.1. The maximum Gasteiger partial charge on any atom is 0.338 e. The minimum Gasteiger partial charge on any atom is -0.478 e. The molecular weight excluding hydrogens is 228 g/mol. The van der Waals surface area contributed by atoms with Crippen LogP contribution in [0.2, 0.25) is 5.15 Å². The van der Waals surface area contributed by atoms with Crippen LogP contribution in [0.5, 0.6) is 0 Å². The van der Waals surface area contributed by atoms with E-state index in [0.29, 0.717) is 5.69 Å². The minimum absolute atomic E-state index is 0.000488. The van der Waals surface area contributed by atoms with E-state index in [1.807, 2.05) is 0 Å². The number of aromatic carboxylic acids is 1. The number of pyridine rings is 2. The van der Waals surface area contributed by atoms with Gasteiger partial charge in [-0.2, -0.15) is 0 Å². The first-order valence-corrected chi connectivity index (χ1v) is 4.86. The van der Waals surface area contributed by atoms with Gasteiger partial charge in [0, 0.05) is 18.0 Å². The second kappa shape index (κ2) is 4.28. The molecule has 2 rings (SSSR count). The van der Waals surface area contributed by atoms with Crippen LogP contribution in [0, 0.1) is 0 Å². The Kier molecular flexibility index (Phi) is 2.83. The Balaban J connectivity index is 2.46.